The summed E-state index contributed by atoms with van der Waals surface area (Å²) in [5.74, 6) is 0.394. The first-order valence-corrected chi connectivity index (χ1v) is 4.14. The Morgan fingerprint density at radius 2 is 2.23 bits per heavy atom. The zero-order valence-electron chi connectivity index (χ0n) is 8.06. The van der Waals surface area contributed by atoms with E-state index in [4.69, 9.17) is 0 Å². The fourth-order valence-corrected chi connectivity index (χ4v) is 1.71. The Morgan fingerprint density at radius 1 is 1.46 bits per heavy atom. The van der Waals surface area contributed by atoms with Gasteiger partial charge in [-0.1, -0.05) is 12.1 Å². The number of rotatable bonds is 2. The van der Waals surface area contributed by atoms with Crippen LogP contribution in [0.4, 0.5) is 0 Å². The van der Waals surface area contributed by atoms with E-state index in [1.165, 1.54) is 11.5 Å². The zero-order chi connectivity index (χ0) is 8.39. The molecule has 0 aliphatic heterocycles. The molecular formula is C8H6NNaO2S. The van der Waals surface area contributed by atoms with E-state index in [9.17, 15) is 4.79 Å². The number of fused-ring (bicyclic) bond motifs is 1. The normalized spacial score (nSPS) is 9.23. The number of nitrogens with zero attached hydrogens (tertiary/aromatic N) is 1. The topological polar surface area (TPSA) is 39.2 Å². The fourth-order valence-electron chi connectivity index (χ4n) is 0.993. The smallest absolute Gasteiger partial charge is 1.00 e. The first-order valence-electron chi connectivity index (χ1n) is 3.36. The van der Waals surface area contributed by atoms with Crippen LogP contribution in [0.2, 0.25) is 0 Å². The predicted molar refractivity (Wildman–Crippen MR) is 47.4 cm³/mol. The van der Waals surface area contributed by atoms with Crippen LogP contribution in [0.15, 0.2) is 24.3 Å². The van der Waals surface area contributed by atoms with Gasteiger partial charge in [-0.25, -0.2) is 0 Å². The standard InChI is InChI=1S/C8H5NO2S.Na.H/c10-5-11-8-6-3-1-2-4-7(6)12-9-8;;/h1-5H;;/q;+1;-1. The van der Waals surface area contributed by atoms with Gasteiger partial charge in [-0.3, -0.25) is 4.79 Å². The molecule has 2 rings (SSSR count). The van der Waals surface area contributed by atoms with Gasteiger partial charge in [0.1, 0.15) is 0 Å². The van der Waals surface area contributed by atoms with Gasteiger partial charge in [-0.05, 0) is 23.7 Å². The van der Waals surface area contributed by atoms with Crippen LogP contribution in [0.25, 0.3) is 10.1 Å². The van der Waals surface area contributed by atoms with Gasteiger partial charge in [-0.2, -0.15) is 4.37 Å². The van der Waals surface area contributed by atoms with Crippen molar-refractivity contribution in [3.8, 4) is 5.88 Å². The summed E-state index contributed by atoms with van der Waals surface area (Å²) in [6, 6.07) is 7.61. The second kappa shape index (κ2) is 4.72. The minimum absolute atomic E-state index is 0. The van der Waals surface area contributed by atoms with E-state index in [0.29, 0.717) is 12.4 Å². The van der Waals surface area contributed by atoms with Crippen LogP contribution in [-0.4, -0.2) is 10.8 Å². The molecule has 0 radical (unpaired) electrons. The third-order valence-corrected chi connectivity index (χ3v) is 2.31. The number of aromatic nitrogens is 1. The van der Waals surface area contributed by atoms with Crippen LogP contribution in [-0.2, 0) is 4.79 Å². The van der Waals surface area contributed by atoms with Crippen LogP contribution < -0.4 is 34.3 Å². The molecule has 5 heteroatoms. The van der Waals surface area contributed by atoms with Gasteiger partial charge in [0, 0.05) is 0 Å². The van der Waals surface area contributed by atoms with Gasteiger partial charge < -0.3 is 6.16 Å². The second-order valence-corrected chi connectivity index (χ2v) is 3.00. The number of hydrogen-bond acceptors (Lipinski definition) is 4. The third-order valence-electron chi connectivity index (χ3n) is 1.50. The summed E-state index contributed by atoms with van der Waals surface area (Å²) in [6.07, 6.45) is 0. The molecule has 0 fully saturated rings. The summed E-state index contributed by atoms with van der Waals surface area (Å²) in [4.78, 5) is 10.1. The Labute approximate surface area is 103 Å². The summed E-state index contributed by atoms with van der Waals surface area (Å²) >= 11 is 1.32. The summed E-state index contributed by atoms with van der Waals surface area (Å²) in [6.45, 7) is 0.390. The maximum atomic E-state index is 10.1. The van der Waals surface area contributed by atoms with Gasteiger partial charge >= 0.3 is 29.6 Å². The number of benzene rings is 1. The Bertz CT molecular complexity index is 420. The van der Waals surface area contributed by atoms with Gasteiger partial charge in [0.2, 0.25) is 5.88 Å². The molecule has 13 heavy (non-hydrogen) atoms. The van der Waals surface area contributed by atoms with Crippen LogP contribution in [0.5, 0.6) is 5.88 Å². The number of carbonyl (C=O) groups excluding carboxylic acids is 1. The minimum Gasteiger partial charge on any atom is -1.00 e. The van der Waals surface area contributed by atoms with E-state index in [-0.39, 0.29) is 31.0 Å². The van der Waals surface area contributed by atoms with Crippen LogP contribution in [0.1, 0.15) is 1.43 Å². The van der Waals surface area contributed by atoms with Crippen molar-refractivity contribution in [2.45, 2.75) is 0 Å². The molecule has 0 amide bonds. The number of ether oxygens (including phenoxy) is 1. The van der Waals surface area contributed by atoms with Crippen molar-refractivity contribution in [1.29, 1.82) is 0 Å². The van der Waals surface area contributed by atoms with Crippen LogP contribution in [0.3, 0.4) is 0 Å². The Morgan fingerprint density at radius 3 is 3.00 bits per heavy atom. The Hall–Kier alpha value is -0.420. The van der Waals surface area contributed by atoms with Crippen molar-refractivity contribution >= 4 is 28.1 Å². The number of hydrogen-bond donors (Lipinski definition) is 0. The van der Waals surface area contributed by atoms with Gasteiger partial charge in [0.05, 0.1) is 10.1 Å². The summed E-state index contributed by atoms with van der Waals surface area (Å²) in [5, 5.41) is 0.884. The van der Waals surface area contributed by atoms with Crippen LogP contribution in [0, 0.1) is 0 Å². The molecule has 0 saturated carbocycles. The van der Waals surface area contributed by atoms with Crippen LogP contribution >= 0.6 is 11.5 Å². The number of carbonyl (C=O) groups is 1. The summed E-state index contributed by atoms with van der Waals surface area (Å²) in [7, 11) is 0. The largest absolute Gasteiger partial charge is 1.00 e. The Kier molecular flexibility index (Phi) is 3.87. The predicted octanol–water partition coefficient (Wildman–Crippen LogP) is -1.05. The third kappa shape index (κ3) is 2.08. The van der Waals surface area contributed by atoms with Crippen molar-refractivity contribution in [3.05, 3.63) is 24.3 Å². The minimum atomic E-state index is 0. The molecule has 0 N–H and O–H groups in total. The maximum Gasteiger partial charge on any atom is 1.00 e. The van der Waals surface area contributed by atoms with Crippen molar-refractivity contribution in [2.24, 2.45) is 0 Å². The van der Waals surface area contributed by atoms with E-state index < -0.39 is 0 Å². The van der Waals surface area contributed by atoms with Crippen molar-refractivity contribution in [2.75, 3.05) is 0 Å². The summed E-state index contributed by atoms with van der Waals surface area (Å²) < 4.78 is 9.67. The molecule has 0 bridgehead atoms. The second-order valence-electron chi connectivity index (χ2n) is 2.20. The van der Waals surface area contributed by atoms with E-state index >= 15 is 0 Å². The quantitative estimate of drug-likeness (QED) is 0.462. The molecule has 62 valence electrons. The first-order chi connectivity index (χ1) is 5.92. The van der Waals surface area contributed by atoms with E-state index in [0.717, 1.165) is 10.1 Å². The first kappa shape index (κ1) is 10.7. The van der Waals surface area contributed by atoms with E-state index in [2.05, 4.69) is 9.11 Å². The SMILES string of the molecule is O=COc1nsc2ccccc12.[H-].[Na+]. The molecule has 0 unspecified atom stereocenters. The monoisotopic (exact) mass is 203 g/mol. The van der Waals surface area contributed by atoms with Crippen molar-refractivity contribution in [1.82, 2.24) is 4.37 Å². The van der Waals surface area contributed by atoms with Crippen molar-refractivity contribution in [3.63, 3.8) is 0 Å². The molecule has 2 aromatic rings. The zero-order valence-corrected chi connectivity index (χ0v) is 9.88. The van der Waals surface area contributed by atoms with Gasteiger partial charge in [0.25, 0.3) is 6.47 Å². The Balaban J connectivity index is 0.000000845. The van der Waals surface area contributed by atoms with Gasteiger partial charge in [0.15, 0.2) is 0 Å². The van der Waals surface area contributed by atoms with E-state index in [1.807, 2.05) is 24.3 Å². The molecule has 1 heterocycles. The molecule has 1 aromatic carbocycles. The average Bonchev–Trinajstić information content (AvgIpc) is 2.50. The molecule has 0 spiro atoms. The molecule has 0 saturated heterocycles. The molecule has 0 aliphatic carbocycles. The van der Waals surface area contributed by atoms with Crippen molar-refractivity contribution < 1.29 is 40.5 Å². The molecule has 3 nitrogen and oxygen atoms in total. The molecule has 1 aromatic heterocycles. The molecular weight excluding hydrogens is 197 g/mol. The van der Waals surface area contributed by atoms with E-state index in [1.54, 1.807) is 0 Å². The summed E-state index contributed by atoms with van der Waals surface area (Å²) in [5.41, 5.74) is 0. The molecule has 0 aliphatic rings. The van der Waals surface area contributed by atoms with Gasteiger partial charge in [-0.15, -0.1) is 0 Å². The fraction of sp³-hybridized carbons (Fsp3) is 0. The maximum absolute atomic E-state index is 10.1. The molecule has 0 atom stereocenters. The average molecular weight is 203 g/mol.